The first-order valence-corrected chi connectivity index (χ1v) is 11.2. The number of methoxy groups -OCH3 is 1. The lowest BCUT2D eigenvalue weighted by Crippen LogP contribution is -2.04. The minimum Gasteiger partial charge on any atom is -0.507 e. The maximum atomic E-state index is 9.92. The number of aromatic nitrogens is 2. The molecule has 1 aromatic heterocycles. The molecule has 32 heavy (non-hydrogen) atoms. The van der Waals surface area contributed by atoms with Gasteiger partial charge in [0.2, 0.25) is 0 Å². The van der Waals surface area contributed by atoms with Crippen LogP contribution in [0.5, 0.6) is 11.5 Å². The summed E-state index contributed by atoms with van der Waals surface area (Å²) in [6.45, 7) is 4.34. The van der Waals surface area contributed by atoms with Crippen LogP contribution in [-0.4, -0.2) is 34.2 Å². The number of nitrogens with zero attached hydrogens (tertiary/aromatic N) is 4. The van der Waals surface area contributed by atoms with Gasteiger partial charge in [-0.15, -0.1) is 0 Å². The fourth-order valence-corrected chi connectivity index (χ4v) is 3.88. The van der Waals surface area contributed by atoms with Crippen LogP contribution in [0.15, 0.2) is 58.8 Å². The standard InChI is InChI=1S/C24H25N5O2S/c1-16(2)12-13-32-24-27-22(17-8-10-19(31-3)11-9-17)20(14-25)23(28-24)29-26-15-18-6-4-5-7-21(18)30/h4-11,15-16,30H,12-13H2,1-3H3,(H,27,28,29)/b26-15-. The molecule has 0 radical (unpaired) electrons. The summed E-state index contributed by atoms with van der Waals surface area (Å²) in [7, 11) is 1.61. The zero-order chi connectivity index (χ0) is 22.9. The minimum absolute atomic E-state index is 0.116. The number of benzene rings is 2. The van der Waals surface area contributed by atoms with Crippen LogP contribution in [0.25, 0.3) is 11.3 Å². The third-order valence-electron chi connectivity index (χ3n) is 4.60. The van der Waals surface area contributed by atoms with Gasteiger partial charge in [0.1, 0.15) is 23.1 Å². The second-order valence-electron chi connectivity index (χ2n) is 7.38. The summed E-state index contributed by atoms with van der Waals surface area (Å²) in [5.41, 5.74) is 5.01. The Morgan fingerprint density at radius 1 is 1.19 bits per heavy atom. The highest BCUT2D eigenvalue weighted by molar-refractivity contribution is 7.99. The largest absolute Gasteiger partial charge is 0.507 e. The lowest BCUT2D eigenvalue weighted by molar-refractivity contribution is 0.415. The van der Waals surface area contributed by atoms with Crippen molar-refractivity contribution in [3.8, 4) is 28.8 Å². The van der Waals surface area contributed by atoms with Gasteiger partial charge < -0.3 is 9.84 Å². The second kappa shape index (κ2) is 11.2. The van der Waals surface area contributed by atoms with Crippen molar-refractivity contribution in [2.24, 2.45) is 11.0 Å². The first kappa shape index (κ1) is 23.1. The number of ether oxygens (including phenoxy) is 1. The number of anilines is 1. The van der Waals surface area contributed by atoms with Gasteiger partial charge in [-0.25, -0.2) is 9.97 Å². The van der Waals surface area contributed by atoms with Crippen LogP contribution >= 0.6 is 11.8 Å². The smallest absolute Gasteiger partial charge is 0.190 e. The molecule has 0 saturated heterocycles. The van der Waals surface area contributed by atoms with Crippen molar-refractivity contribution in [3.63, 3.8) is 0 Å². The molecule has 0 aliphatic heterocycles. The Morgan fingerprint density at radius 3 is 2.59 bits per heavy atom. The molecule has 0 fully saturated rings. The first-order valence-electron chi connectivity index (χ1n) is 10.2. The van der Waals surface area contributed by atoms with Crippen LogP contribution in [0.4, 0.5) is 5.82 Å². The molecule has 0 aliphatic carbocycles. The van der Waals surface area contributed by atoms with E-state index in [1.807, 2.05) is 24.3 Å². The summed E-state index contributed by atoms with van der Waals surface area (Å²) in [5, 5.41) is 24.5. The van der Waals surface area contributed by atoms with Crippen molar-refractivity contribution < 1.29 is 9.84 Å². The van der Waals surface area contributed by atoms with E-state index in [1.54, 1.807) is 43.1 Å². The zero-order valence-corrected chi connectivity index (χ0v) is 19.1. The van der Waals surface area contributed by atoms with E-state index < -0.39 is 0 Å². The van der Waals surface area contributed by atoms with E-state index in [9.17, 15) is 10.4 Å². The molecule has 0 saturated carbocycles. The van der Waals surface area contributed by atoms with Crippen LogP contribution in [0, 0.1) is 17.2 Å². The molecular formula is C24H25N5O2S. The van der Waals surface area contributed by atoms with Gasteiger partial charge in [-0.05, 0) is 48.7 Å². The number of rotatable bonds is 9. The molecule has 0 bridgehead atoms. The van der Waals surface area contributed by atoms with E-state index in [1.165, 1.54) is 6.21 Å². The first-order chi connectivity index (χ1) is 15.5. The molecule has 2 aromatic carbocycles. The average Bonchev–Trinajstić information content (AvgIpc) is 2.80. The number of aromatic hydroxyl groups is 1. The maximum Gasteiger partial charge on any atom is 0.190 e. The molecule has 3 aromatic rings. The van der Waals surface area contributed by atoms with E-state index in [-0.39, 0.29) is 11.3 Å². The van der Waals surface area contributed by atoms with Crippen LogP contribution in [0.1, 0.15) is 31.4 Å². The van der Waals surface area contributed by atoms with Gasteiger partial charge in [-0.1, -0.05) is 37.7 Å². The summed E-state index contributed by atoms with van der Waals surface area (Å²) >= 11 is 1.54. The molecule has 0 amide bonds. The van der Waals surface area contributed by atoms with Gasteiger partial charge in [-0.3, -0.25) is 5.43 Å². The highest BCUT2D eigenvalue weighted by atomic mass is 32.2. The van der Waals surface area contributed by atoms with Crippen molar-refractivity contribution >= 4 is 23.8 Å². The zero-order valence-electron chi connectivity index (χ0n) is 18.2. The lowest BCUT2D eigenvalue weighted by atomic mass is 10.1. The Labute approximate surface area is 192 Å². The number of para-hydroxylation sites is 1. The quantitative estimate of drug-likeness (QED) is 0.198. The SMILES string of the molecule is COc1ccc(-c2nc(SCCC(C)C)nc(N/N=C\c3ccccc3O)c2C#N)cc1. The number of hydrogen-bond acceptors (Lipinski definition) is 8. The number of phenols is 1. The summed E-state index contributed by atoms with van der Waals surface area (Å²) in [4.78, 5) is 9.19. The molecule has 0 unspecified atom stereocenters. The topological polar surface area (TPSA) is 103 Å². The average molecular weight is 448 g/mol. The third kappa shape index (κ3) is 5.99. The number of nitrogens with one attached hydrogen (secondary N) is 1. The normalized spacial score (nSPS) is 11.0. The van der Waals surface area contributed by atoms with Crippen LogP contribution in [0.3, 0.4) is 0 Å². The van der Waals surface area contributed by atoms with Gasteiger partial charge in [0, 0.05) is 16.9 Å². The van der Waals surface area contributed by atoms with Crippen molar-refractivity contribution in [1.82, 2.24) is 9.97 Å². The second-order valence-corrected chi connectivity index (χ2v) is 8.44. The van der Waals surface area contributed by atoms with Crippen molar-refractivity contribution in [1.29, 1.82) is 5.26 Å². The number of nitriles is 1. The predicted octanol–water partition coefficient (Wildman–Crippen LogP) is 5.31. The molecule has 3 rings (SSSR count). The Bertz CT molecular complexity index is 1120. The molecular weight excluding hydrogens is 422 g/mol. The highest BCUT2D eigenvalue weighted by Crippen LogP contribution is 2.30. The van der Waals surface area contributed by atoms with Crippen LogP contribution in [-0.2, 0) is 0 Å². The number of hydrogen-bond donors (Lipinski definition) is 2. The van der Waals surface area contributed by atoms with E-state index in [0.29, 0.717) is 28.1 Å². The monoisotopic (exact) mass is 447 g/mol. The third-order valence-corrected chi connectivity index (χ3v) is 5.48. The summed E-state index contributed by atoms with van der Waals surface area (Å²) in [6, 6.07) is 16.4. The van der Waals surface area contributed by atoms with Gasteiger partial charge in [-0.2, -0.15) is 10.4 Å². The van der Waals surface area contributed by atoms with Crippen LogP contribution < -0.4 is 10.2 Å². The summed E-state index contributed by atoms with van der Waals surface area (Å²) < 4.78 is 5.24. The van der Waals surface area contributed by atoms with Gasteiger partial charge >= 0.3 is 0 Å². The van der Waals surface area contributed by atoms with E-state index >= 15 is 0 Å². The molecule has 0 aliphatic rings. The lowest BCUT2D eigenvalue weighted by Gasteiger charge is -2.11. The molecule has 0 atom stereocenters. The van der Waals surface area contributed by atoms with Crippen molar-refractivity contribution in [2.75, 3.05) is 18.3 Å². The fraction of sp³-hybridized carbons (Fsp3) is 0.250. The van der Waals surface area contributed by atoms with Crippen molar-refractivity contribution in [2.45, 2.75) is 25.4 Å². The molecule has 1 heterocycles. The van der Waals surface area contributed by atoms with Crippen molar-refractivity contribution in [3.05, 3.63) is 59.7 Å². The molecule has 0 spiro atoms. The molecule has 2 N–H and O–H groups in total. The van der Waals surface area contributed by atoms with Crippen LogP contribution in [0.2, 0.25) is 0 Å². The minimum atomic E-state index is 0.116. The number of thioether (sulfide) groups is 1. The molecule has 164 valence electrons. The van der Waals surface area contributed by atoms with E-state index in [2.05, 4.69) is 40.4 Å². The highest BCUT2D eigenvalue weighted by Gasteiger charge is 2.16. The predicted molar refractivity (Wildman–Crippen MR) is 128 cm³/mol. The Morgan fingerprint density at radius 2 is 1.94 bits per heavy atom. The summed E-state index contributed by atoms with van der Waals surface area (Å²) in [5.74, 6) is 2.59. The van der Waals surface area contributed by atoms with Gasteiger partial charge in [0.05, 0.1) is 19.0 Å². The number of hydrazone groups is 1. The van der Waals surface area contributed by atoms with E-state index in [4.69, 9.17) is 4.74 Å². The fourth-order valence-electron chi connectivity index (χ4n) is 2.79. The maximum absolute atomic E-state index is 9.92. The Balaban J connectivity index is 1.97. The van der Waals surface area contributed by atoms with E-state index in [0.717, 1.165) is 23.5 Å². The number of phenolic OH excluding ortho intramolecular Hbond substituents is 1. The van der Waals surface area contributed by atoms with Gasteiger partial charge in [0.25, 0.3) is 0 Å². The Kier molecular flexibility index (Phi) is 8.06. The Hall–Kier alpha value is -3.57. The summed E-state index contributed by atoms with van der Waals surface area (Å²) in [6.07, 6.45) is 2.51. The molecule has 7 nitrogen and oxygen atoms in total. The van der Waals surface area contributed by atoms with Gasteiger partial charge in [0.15, 0.2) is 11.0 Å². The molecule has 8 heteroatoms.